The van der Waals surface area contributed by atoms with E-state index in [1.165, 1.54) is 25.5 Å². The van der Waals surface area contributed by atoms with E-state index in [-0.39, 0.29) is 27.2 Å². The predicted octanol–water partition coefficient (Wildman–Crippen LogP) is 4.23. The minimum absolute atomic E-state index is 0.0222. The molecule has 8 heteroatoms. The number of ether oxygens (including phenoxy) is 1. The number of carbonyl (C=O) groups excluding carboxylic acids is 1. The van der Waals surface area contributed by atoms with E-state index < -0.39 is 5.97 Å². The minimum atomic E-state index is -0.848. The molecule has 3 rings (SSSR count). The molecule has 0 bridgehead atoms. The van der Waals surface area contributed by atoms with Gasteiger partial charge in [0.2, 0.25) is 0 Å². The van der Waals surface area contributed by atoms with Gasteiger partial charge in [-0.1, -0.05) is 40.5 Å². The molecule has 1 aromatic heterocycles. The number of amidine groups is 1. The van der Waals surface area contributed by atoms with Crippen LogP contribution in [0.5, 0.6) is 5.75 Å². The lowest BCUT2D eigenvalue weighted by Gasteiger charge is -2.09. The summed E-state index contributed by atoms with van der Waals surface area (Å²) in [6, 6.07) is 10.1. The highest BCUT2D eigenvalue weighted by Crippen LogP contribution is 2.34. The first-order valence-corrected chi connectivity index (χ1v) is 7.82. The molecule has 6 nitrogen and oxygen atoms in total. The molecule has 2 N–H and O–H groups in total. The third-order valence-corrected chi connectivity index (χ3v) is 4.06. The molecule has 0 amide bonds. The summed E-state index contributed by atoms with van der Waals surface area (Å²) in [5.41, 5.74) is 6.91. The fourth-order valence-electron chi connectivity index (χ4n) is 2.30. The smallest absolute Gasteiger partial charge is 0.371 e. The van der Waals surface area contributed by atoms with Crippen molar-refractivity contribution in [3.8, 4) is 5.75 Å². The van der Waals surface area contributed by atoms with E-state index in [0.29, 0.717) is 11.1 Å². The number of methoxy groups -OCH3 is 1. The van der Waals surface area contributed by atoms with Crippen LogP contribution in [0.3, 0.4) is 0 Å². The van der Waals surface area contributed by atoms with E-state index in [1.54, 1.807) is 18.2 Å². The topological polar surface area (TPSA) is 87.0 Å². The zero-order valence-corrected chi connectivity index (χ0v) is 14.5. The van der Waals surface area contributed by atoms with Crippen LogP contribution < -0.4 is 10.5 Å². The van der Waals surface area contributed by atoms with Crippen LogP contribution in [0.2, 0.25) is 10.0 Å². The molecule has 0 saturated heterocycles. The second kappa shape index (κ2) is 7.04. The lowest BCUT2D eigenvalue weighted by atomic mass is 10.1. The number of halogens is 2. The highest BCUT2D eigenvalue weighted by atomic mass is 35.5. The molecule has 0 atom stereocenters. The lowest BCUT2D eigenvalue weighted by Crippen LogP contribution is -2.16. The summed E-state index contributed by atoms with van der Waals surface area (Å²) >= 11 is 12.0. The molecule has 128 valence electrons. The number of hydrogen-bond acceptors (Lipinski definition) is 5. The van der Waals surface area contributed by atoms with Crippen LogP contribution in [0.15, 0.2) is 52.2 Å². The summed E-state index contributed by atoms with van der Waals surface area (Å²) in [5.74, 6) is -0.772. The monoisotopic (exact) mass is 378 g/mol. The van der Waals surface area contributed by atoms with Crippen LogP contribution in [-0.4, -0.2) is 18.9 Å². The summed E-state index contributed by atoms with van der Waals surface area (Å²) in [6.45, 7) is 0. The standard InChI is InChI=1S/C17H12Cl2N2O4/c1-23-15-12(19)6-5-11(18)13(15)17(22)25-21-16(20)10-4-2-3-9-7-8-24-14(9)10/h2-8H,1H3,(H2,20,21). The van der Waals surface area contributed by atoms with E-state index >= 15 is 0 Å². The van der Waals surface area contributed by atoms with Crippen molar-refractivity contribution in [1.29, 1.82) is 0 Å². The van der Waals surface area contributed by atoms with Crippen LogP contribution in [-0.2, 0) is 4.84 Å². The molecular weight excluding hydrogens is 367 g/mol. The maximum atomic E-state index is 12.3. The van der Waals surface area contributed by atoms with Gasteiger partial charge in [0.05, 0.1) is 29.0 Å². The van der Waals surface area contributed by atoms with Crippen molar-refractivity contribution in [3.63, 3.8) is 0 Å². The van der Waals surface area contributed by atoms with E-state index in [1.807, 2.05) is 6.07 Å². The van der Waals surface area contributed by atoms with Gasteiger partial charge in [0.1, 0.15) is 11.1 Å². The molecule has 0 aliphatic rings. The molecule has 0 radical (unpaired) electrons. The number of para-hydroxylation sites is 1. The third kappa shape index (κ3) is 3.26. The number of nitrogens with two attached hydrogens (primary N) is 1. The quantitative estimate of drug-likeness (QED) is 0.317. The van der Waals surface area contributed by atoms with Crippen molar-refractivity contribution < 1.29 is 18.8 Å². The maximum Gasteiger partial charge on any atom is 0.371 e. The first kappa shape index (κ1) is 17.1. The lowest BCUT2D eigenvalue weighted by molar-refractivity contribution is 0.0512. The number of hydrogen-bond donors (Lipinski definition) is 1. The van der Waals surface area contributed by atoms with Gasteiger partial charge < -0.3 is 19.7 Å². The summed E-state index contributed by atoms with van der Waals surface area (Å²) < 4.78 is 10.5. The summed E-state index contributed by atoms with van der Waals surface area (Å²) in [4.78, 5) is 17.2. The van der Waals surface area contributed by atoms with Gasteiger partial charge in [0, 0.05) is 5.39 Å². The largest absolute Gasteiger partial charge is 0.494 e. The first-order chi connectivity index (χ1) is 12.0. The van der Waals surface area contributed by atoms with E-state index in [2.05, 4.69) is 5.16 Å². The molecule has 0 unspecified atom stereocenters. The third-order valence-electron chi connectivity index (χ3n) is 3.45. The Morgan fingerprint density at radius 1 is 1.16 bits per heavy atom. The number of benzene rings is 2. The van der Waals surface area contributed by atoms with Crippen molar-refractivity contribution in [2.75, 3.05) is 7.11 Å². The number of furan rings is 1. The number of fused-ring (bicyclic) bond motifs is 1. The zero-order valence-electron chi connectivity index (χ0n) is 13.0. The molecular formula is C17H12Cl2N2O4. The van der Waals surface area contributed by atoms with E-state index in [9.17, 15) is 4.79 Å². The molecule has 25 heavy (non-hydrogen) atoms. The van der Waals surface area contributed by atoms with Gasteiger partial charge in [-0.3, -0.25) is 0 Å². The SMILES string of the molecule is COc1c(Cl)ccc(Cl)c1C(=O)O/N=C(\N)c1cccc2ccoc12. The number of nitrogens with zero attached hydrogens (tertiary/aromatic N) is 1. The van der Waals surface area contributed by atoms with Gasteiger partial charge >= 0.3 is 5.97 Å². The number of carbonyl (C=O) groups is 1. The van der Waals surface area contributed by atoms with Gasteiger partial charge in [-0.25, -0.2) is 4.79 Å². The fraction of sp³-hybridized carbons (Fsp3) is 0.0588. The molecule has 0 spiro atoms. The Morgan fingerprint density at radius 3 is 2.68 bits per heavy atom. The van der Waals surface area contributed by atoms with Gasteiger partial charge in [-0.2, -0.15) is 0 Å². The summed E-state index contributed by atoms with van der Waals surface area (Å²) in [6.07, 6.45) is 1.53. The molecule has 1 heterocycles. The Morgan fingerprint density at radius 2 is 1.92 bits per heavy atom. The molecule has 0 saturated carbocycles. The van der Waals surface area contributed by atoms with Crippen molar-refractivity contribution in [3.05, 3.63) is 63.8 Å². The van der Waals surface area contributed by atoms with Crippen molar-refractivity contribution in [1.82, 2.24) is 0 Å². The Kier molecular flexibility index (Phi) is 4.83. The fourth-order valence-corrected chi connectivity index (χ4v) is 2.76. The van der Waals surface area contributed by atoms with Gasteiger partial charge in [0.15, 0.2) is 11.6 Å². The second-order valence-corrected chi connectivity index (χ2v) is 5.75. The summed E-state index contributed by atoms with van der Waals surface area (Å²) in [5, 5.41) is 4.86. The molecule has 0 aliphatic heterocycles. The zero-order chi connectivity index (χ0) is 18.0. The Hall–Kier alpha value is -2.70. The van der Waals surface area contributed by atoms with E-state index in [4.69, 9.17) is 42.9 Å². The Bertz CT molecular complexity index is 982. The van der Waals surface area contributed by atoms with Gasteiger partial charge in [-0.15, -0.1) is 0 Å². The summed E-state index contributed by atoms with van der Waals surface area (Å²) in [7, 11) is 1.36. The molecule has 3 aromatic rings. The molecule has 0 aliphatic carbocycles. The van der Waals surface area contributed by atoms with Crippen molar-refractivity contribution in [2.45, 2.75) is 0 Å². The second-order valence-electron chi connectivity index (χ2n) is 4.94. The van der Waals surface area contributed by atoms with Gasteiger partial charge in [-0.05, 0) is 24.3 Å². The Balaban J connectivity index is 1.91. The first-order valence-electron chi connectivity index (χ1n) is 7.06. The number of rotatable bonds is 4. The number of oxime groups is 1. The average Bonchev–Trinajstić information content (AvgIpc) is 3.09. The highest BCUT2D eigenvalue weighted by Gasteiger charge is 2.21. The van der Waals surface area contributed by atoms with Crippen LogP contribution in [0.1, 0.15) is 15.9 Å². The Labute approximate surface area is 152 Å². The maximum absolute atomic E-state index is 12.3. The predicted molar refractivity (Wildman–Crippen MR) is 95.4 cm³/mol. The highest BCUT2D eigenvalue weighted by molar-refractivity contribution is 6.37. The van der Waals surface area contributed by atoms with Crippen LogP contribution >= 0.6 is 23.2 Å². The van der Waals surface area contributed by atoms with Crippen molar-refractivity contribution >= 4 is 46.0 Å². The van der Waals surface area contributed by atoms with E-state index in [0.717, 1.165) is 5.39 Å². The average molecular weight is 379 g/mol. The van der Waals surface area contributed by atoms with Crippen LogP contribution in [0, 0.1) is 0 Å². The van der Waals surface area contributed by atoms with Crippen LogP contribution in [0.25, 0.3) is 11.0 Å². The molecule has 2 aromatic carbocycles. The van der Waals surface area contributed by atoms with Gasteiger partial charge in [0.25, 0.3) is 0 Å². The van der Waals surface area contributed by atoms with Crippen LogP contribution in [0.4, 0.5) is 0 Å². The normalized spacial score (nSPS) is 11.6. The molecule has 0 fully saturated rings. The minimum Gasteiger partial charge on any atom is -0.494 e. The van der Waals surface area contributed by atoms with Crippen molar-refractivity contribution in [2.24, 2.45) is 10.9 Å².